The van der Waals surface area contributed by atoms with E-state index in [9.17, 15) is 9.59 Å². The van der Waals surface area contributed by atoms with Gasteiger partial charge in [-0.25, -0.2) is 0 Å². The molecule has 6 rings (SSSR count). The fraction of sp³-hybridized carbons (Fsp3) is 0.647. The van der Waals surface area contributed by atoms with Crippen LogP contribution in [0.5, 0.6) is 11.5 Å². The van der Waals surface area contributed by atoms with Crippen molar-refractivity contribution in [1.82, 2.24) is 15.2 Å². The van der Waals surface area contributed by atoms with E-state index in [1.165, 1.54) is 69.8 Å². The van der Waals surface area contributed by atoms with Gasteiger partial charge in [-0.3, -0.25) is 14.5 Å². The summed E-state index contributed by atoms with van der Waals surface area (Å²) in [5.74, 6) is 2.16. The number of carbonyl (C=O) groups excluding carboxylic acids is 1. The van der Waals surface area contributed by atoms with Gasteiger partial charge >= 0.3 is 0 Å². The second-order valence-electron chi connectivity index (χ2n) is 13.4. The van der Waals surface area contributed by atoms with Crippen LogP contribution in [0.4, 0.5) is 0 Å². The summed E-state index contributed by atoms with van der Waals surface area (Å²) < 4.78 is 12.8. The van der Waals surface area contributed by atoms with Gasteiger partial charge in [0.15, 0.2) is 11.5 Å². The van der Waals surface area contributed by atoms with Crippen LogP contribution in [0.1, 0.15) is 91.9 Å². The van der Waals surface area contributed by atoms with E-state index in [4.69, 9.17) is 21.1 Å². The van der Waals surface area contributed by atoms with Crippen molar-refractivity contribution in [3.05, 3.63) is 49.9 Å². The molecule has 9 heteroatoms. The first-order valence-corrected chi connectivity index (χ1v) is 17.7. The van der Waals surface area contributed by atoms with E-state index < -0.39 is 0 Å². The van der Waals surface area contributed by atoms with E-state index >= 15 is 0 Å². The topological polar surface area (TPSA) is 83.7 Å². The zero-order valence-electron chi connectivity index (χ0n) is 26.0. The smallest absolute Gasteiger partial charge is 0.254 e. The number of fused-ring (bicyclic) bond motifs is 2. The molecular formula is C34H46ClN3O4S. The van der Waals surface area contributed by atoms with E-state index in [0.29, 0.717) is 57.2 Å². The number of hydrogen-bond donors (Lipinski definition) is 2. The number of nitrogens with zero attached hydrogens (tertiary/aromatic N) is 1. The molecule has 1 amide bonds. The van der Waals surface area contributed by atoms with Crippen molar-refractivity contribution < 1.29 is 14.3 Å². The van der Waals surface area contributed by atoms with E-state index in [0.717, 1.165) is 29.3 Å². The maximum Gasteiger partial charge on any atom is 0.254 e. The zero-order valence-corrected chi connectivity index (χ0v) is 27.6. The van der Waals surface area contributed by atoms with Crippen LogP contribution in [0.15, 0.2) is 21.8 Å². The fourth-order valence-electron chi connectivity index (χ4n) is 7.96. The maximum absolute atomic E-state index is 13.3. The number of thioether (sulfide) groups is 1. The van der Waals surface area contributed by atoms with Gasteiger partial charge in [-0.1, -0.05) is 37.8 Å². The lowest BCUT2D eigenvalue weighted by Gasteiger charge is -2.40. The number of piperidine rings is 1. The van der Waals surface area contributed by atoms with E-state index in [-0.39, 0.29) is 24.1 Å². The van der Waals surface area contributed by atoms with Crippen LogP contribution in [0.2, 0.25) is 5.02 Å². The number of likely N-dealkylation sites (tertiary alicyclic amines) is 1. The van der Waals surface area contributed by atoms with Gasteiger partial charge in [0.2, 0.25) is 0 Å². The van der Waals surface area contributed by atoms with Gasteiger partial charge in [0.25, 0.3) is 11.5 Å². The Morgan fingerprint density at radius 2 is 1.98 bits per heavy atom. The molecular weight excluding hydrogens is 582 g/mol. The number of hydrogen-bond acceptors (Lipinski definition) is 6. The summed E-state index contributed by atoms with van der Waals surface area (Å²) in [6.45, 7) is 9.25. The number of rotatable bonds is 10. The van der Waals surface area contributed by atoms with Gasteiger partial charge in [-0.05, 0) is 88.0 Å². The molecule has 3 atom stereocenters. The maximum atomic E-state index is 13.3. The third-order valence-corrected chi connectivity index (χ3v) is 11.7. The number of halogens is 1. The number of H-pyrrole nitrogens is 1. The van der Waals surface area contributed by atoms with E-state index in [1.807, 2.05) is 26.2 Å². The van der Waals surface area contributed by atoms with E-state index in [2.05, 4.69) is 22.1 Å². The van der Waals surface area contributed by atoms with Gasteiger partial charge in [-0.15, -0.1) is 11.8 Å². The predicted octanol–water partition coefficient (Wildman–Crippen LogP) is 6.90. The molecule has 234 valence electrons. The Kier molecular flexibility index (Phi) is 9.10. The Balaban J connectivity index is 1.07. The minimum absolute atomic E-state index is 0.0517. The van der Waals surface area contributed by atoms with Gasteiger partial charge in [0.05, 0.1) is 5.02 Å². The quantitative estimate of drug-likeness (QED) is 0.220. The number of carbonyl (C=O) groups is 1. The Morgan fingerprint density at radius 1 is 1.19 bits per heavy atom. The molecule has 2 aromatic rings. The summed E-state index contributed by atoms with van der Waals surface area (Å²) in [5.41, 5.74) is 2.94. The van der Waals surface area contributed by atoms with Crippen LogP contribution < -0.4 is 20.3 Å². The average Bonchev–Trinajstić information content (AvgIpc) is 3.56. The van der Waals surface area contributed by atoms with Gasteiger partial charge in [0.1, 0.15) is 12.7 Å². The first-order chi connectivity index (χ1) is 20.7. The highest BCUT2D eigenvalue weighted by molar-refractivity contribution is 7.98. The molecule has 2 saturated carbocycles. The summed E-state index contributed by atoms with van der Waals surface area (Å²) in [5, 5.41) is 3.29. The molecule has 0 bridgehead atoms. The lowest BCUT2D eigenvalue weighted by molar-refractivity contribution is 0.0200. The minimum atomic E-state index is -0.295. The number of unbranched alkanes of at least 4 members (excludes halogenated alkanes) is 2. The Bertz CT molecular complexity index is 1420. The molecule has 3 fully saturated rings. The number of nitrogens with one attached hydrogen (secondary N) is 2. The molecule has 1 saturated heterocycles. The molecule has 0 spiro atoms. The number of aromatic amines is 1. The van der Waals surface area contributed by atoms with Gasteiger partial charge in [-0.2, -0.15) is 0 Å². The first kappa shape index (κ1) is 30.8. The fourth-order valence-corrected chi connectivity index (χ4v) is 8.92. The van der Waals surface area contributed by atoms with Gasteiger partial charge < -0.3 is 19.8 Å². The predicted molar refractivity (Wildman–Crippen MR) is 173 cm³/mol. The summed E-state index contributed by atoms with van der Waals surface area (Å²) in [6.07, 6.45) is 13.5. The van der Waals surface area contributed by atoms with Crippen molar-refractivity contribution in [2.45, 2.75) is 102 Å². The van der Waals surface area contributed by atoms with Crippen LogP contribution in [0.25, 0.3) is 0 Å². The standard InChI is InChI=1S/C34H46ClN3O4S/c1-5-6-7-12-34-15-23(34)17-38(19-34)24-10-8-22(9-11-24)28-18-41-31-27(35)14-25(21(3)30(31)42-28)32(39)36-16-26-29(43-4)13-20(2)37-33(26)40/h13-14,22-24,28H,5-12,15-19H2,1-4H3,(H,36,39)(H,37,40)/t22?,23-,24?,28-,34-/m1/s1. The summed E-state index contributed by atoms with van der Waals surface area (Å²) in [4.78, 5) is 32.4. The number of amides is 1. The summed E-state index contributed by atoms with van der Waals surface area (Å²) in [7, 11) is 0. The molecule has 2 aliphatic carbocycles. The monoisotopic (exact) mass is 627 g/mol. The van der Waals surface area contributed by atoms with Crippen LogP contribution in [-0.4, -0.2) is 53.9 Å². The minimum Gasteiger partial charge on any atom is -0.484 e. The van der Waals surface area contributed by atoms with Gasteiger partial charge in [0, 0.05) is 53.0 Å². The molecule has 7 nitrogen and oxygen atoms in total. The lowest BCUT2D eigenvalue weighted by atomic mass is 9.81. The molecule has 0 unspecified atom stereocenters. The second-order valence-corrected chi connectivity index (χ2v) is 14.6. The molecule has 1 aromatic heterocycles. The third-order valence-electron chi connectivity index (χ3n) is 10.6. The van der Waals surface area contributed by atoms with Crippen molar-refractivity contribution in [1.29, 1.82) is 0 Å². The van der Waals surface area contributed by atoms with Crippen LogP contribution in [0.3, 0.4) is 0 Å². The summed E-state index contributed by atoms with van der Waals surface area (Å²) in [6, 6.07) is 4.26. The molecule has 1 aromatic carbocycles. The Hall–Kier alpha value is -2.16. The number of aryl methyl sites for hydroxylation is 1. The average molecular weight is 628 g/mol. The Labute approximate surface area is 264 Å². The SMILES string of the molecule is CCCCC[C@]12C[C@@H]1CN(C1CCC([C@H]3COc4c(Cl)cc(C(=O)NCc5c(SC)cc(C)[nH]c5=O)c(C)c4O3)CC1)C2. The van der Waals surface area contributed by atoms with Crippen LogP contribution in [-0.2, 0) is 6.54 Å². The highest BCUT2D eigenvalue weighted by atomic mass is 35.5. The Morgan fingerprint density at radius 3 is 2.72 bits per heavy atom. The second kappa shape index (κ2) is 12.7. The van der Waals surface area contributed by atoms with Crippen molar-refractivity contribution in [3.8, 4) is 11.5 Å². The van der Waals surface area contributed by atoms with Crippen molar-refractivity contribution in [2.24, 2.45) is 17.3 Å². The first-order valence-electron chi connectivity index (χ1n) is 16.1. The molecule has 3 heterocycles. The highest BCUT2D eigenvalue weighted by Crippen LogP contribution is 2.61. The largest absolute Gasteiger partial charge is 0.484 e. The number of pyridine rings is 1. The third kappa shape index (κ3) is 6.21. The number of aromatic nitrogens is 1. The number of ether oxygens (including phenoxy) is 2. The van der Waals surface area contributed by atoms with Crippen molar-refractivity contribution >= 4 is 29.3 Å². The molecule has 0 radical (unpaired) electrons. The van der Waals surface area contributed by atoms with Crippen LogP contribution in [0, 0.1) is 31.1 Å². The molecule has 4 aliphatic rings. The summed E-state index contributed by atoms with van der Waals surface area (Å²) >= 11 is 8.10. The van der Waals surface area contributed by atoms with Crippen molar-refractivity contribution in [3.63, 3.8) is 0 Å². The van der Waals surface area contributed by atoms with Crippen LogP contribution >= 0.6 is 23.4 Å². The lowest BCUT2D eigenvalue weighted by Crippen LogP contribution is -2.43. The van der Waals surface area contributed by atoms with E-state index in [1.54, 1.807) is 6.07 Å². The molecule has 2 aliphatic heterocycles. The normalized spacial score (nSPS) is 28.0. The molecule has 43 heavy (non-hydrogen) atoms. The zero-order chi connectivity index (χ0) is 30.3. The molecule has 2 N–H and O–H groups in total. The van der Waals surface area contributed by atoms with Crippen molar-refractivity contribution in [2.75, 3.05) is 26.0 Å². The highest BCUT2D eigenvalue weighted by Gasteiger charge is 2.59. The number of benzene rings is 1.